The first-order valence-electron chi connectivity index (χ1n) is 5.02. The minimum atomic E-state index is -1.31. The quantitative estimate of drug-likeness (QED) is 0.482. The molecule has 0 aliphatic carbocycles. The topological polar surface area (TPSA) is 104 Å². The van der Waals surface area contributed by atoms with Gasteiger partial charge in [0.25, 0.3) is 0 Å². The number of aliphatic hydroxyl groups excluding tert-OH is 2. The third-order valence-corrected chi connectivity index (χ3v) is 2.89. The highest BCUT2D eigenvalue weighted by Crippen LogP contribution is 2.28. The van der Waals surface area contributed by atoms with Crippen LogP contribution in [0.3, 0.4) is 0 Å². The molecule has 1 rings (SSSR count). The number of halogens is 1. The summed E-state index contributed by atoms with van der Waals surface area (Å²) in [7, 11) is 0. The van der Waals surface area contributed by atoms with Crippen molar-refractivity contribution in [2.24, 2.45) is 0 Å². The molecule has 0 fully saturated rings. The predicted molar refractivity (Wildman–Crippen MR) is 67.2 cm³/mol. The number of aromatic carboxylic acids is 1. The van der Waals surface area contributed by atoms with Crippen LogP contribution in [0.25, 0.3) is 0 Å². The lowest BCUT2D eigenvalue weighted by molar-refractivity contribution is 0.0168. The molecule has 0 bridgehead atoms. The van der Waals surface area contributed by atoms with Gasteiger partial charge in [-0.15, -0.1) is 0 Å². The summed E-state index contributed by atoms with van der Waals surface area (Å²) in [4.78, 5) is 11.0. The minimum Gasteiger partial charge on any atom is -0.478 e. The lowest BCUT2D eigenvalue weighted by atomic mass is 9.96. The molecule has 2 unspecified atom stereocenters. The molecule has 6 heteroatoms. The van der Waals surface area contributed by atoms with E-state index in [1.807, 2.05) is 0 Å². The van der Waals surface area contributed by atoms with Crippen LogP contribution in [0.2, 0.25) is 0 Å². The van der Waals surface area contributed by atoms with Crippen molar-refractivity contribution in [3.8, 4) is 0 Å². The van der Waals surface area contributed by atoms with Crippen LogP contribution in [0, 0.1) is 0 Å². The Balaban J connectivity index is 3.15. The summed E-state index contributed by atoms with van der Waals surface area (Å²) in [5.41, 5.74) is 5.78. The Labute approximate surface area is 107 Å². The van der Waals surface area contributed by atoms with E-state index < -0.39 is 18.2 Å². The van der Waals surface area contributed by atoms with Crippen molar-refractivity contribution in [1.82, 2.24) is 0 Å². The van der Waals surface area contributed by atoms with Gasteiger partial charge < -0.3 is 21.1 Å². The van der Waals surface area contributed by atoms with Crippen molar-refractivity contribution in [2.75, 3.05) is 11.1 Å². The average molecular weight is 304 g/mol. The lowest BCUT2D eigenvalue weighted by Crippen LogP contribution is -2.22. The fraction of sp³-hybridized carbons (Fsp3) is 0.364. The Morgan fingerprint density at radius 1 is 1.41 bits per heavy atom. The number of rotatable bonds is 5. The van der Waals surface area contributed by atoms with Gasteiger partial charge in [0.1, 0.15) is 6.10 Å². The second-order valence-electron chi connectivity index (χ2n) is 3.60. The second-order valence-corrected chi connectivity index (χ2v) is 4.40. The molecule has 0 aliphatic rings. The Hall–Kier alpha value is -1.11. The van der Waals surface area contributed by atoms with Gasteiger partial charge in [-0.2, -0.15) is 0 Å². The third-order valence-electron chi connectivity index (χ3n) is 2.44. The van der Waals surface area contributed by atoms with Crippen LogP contribution in [0.15, 0.2) is 18.2 Å². The number of nitrogen functional groups attached to an aromatic ring is 1. The molecule has 5 N–H and O–H groups in total. The molecule has 0 saturated heterocycles. The molecule has 2 atom stereocenters. The van der Waals surface area contributed by atoms with E-state index in [2.05, 4.69) is 15.9 Å². The summed E-state index contributed by atoms with van der Waals surface area (Å²) in [6.45, 7) is 0. The van der Waals surface area contributed by atoms with Crippen LogP contribution >= 0.6 is 15.9 Å². The third kappa shape index (κ3) is 3.18. The molecular formula is C11H14BrNO4. The maximum Gasteiger partial charge on any atom is 0.336 e. The van der Waals surface area contributed by atoms with Gasteiger partial charge in [-0.05, 0) is 18.6 Å². The number of benzene rings is 1. The fourth-order valence-corrected chi connectivity index (χ4v) is 2.03. The lowest BCUT2D eigenvalue weighted by Gasteiger charge is -2.20. The van der Waals surface area contributed by atoms with Crippen LogP contribution in [-0.4, -0.2) is 32.7 Å². The number of carboxylic acid groups (broad SMARTS) is 1. The summed E-state index contributed by atoms with van der Waals surface area (Å²) in [5.74, 6) is -1.18. The molecule has 1 aromatic carbocycles. The highest BCUT2D eigenvalue weighted by molar-refractivity contribution is 9.09. The first-order valence-corrected chi connectivity index (χ1v) is 6.15. The van der Waals surface area contributed by atoms with Crippen molar-refractivity contribution in [2.45, 2.75) is 18.6 Å². The Morgan fingerprint density at radius 3 is 2.59 bits per heavy atom. The fourth-order valence-electron chi connectivity index (χ4n) is 1.56. The molecule has 94 valence electrons. The highest BCUT2D eigenvalue weighted by atomic mass is 79.9. The van der Waals surface area contributed by atoms with Crippen LogP contribution in [0.4, 0.5) is 5.69 Å². The maximum absolute atomic E-state index is 11.0. The number of anilines is 1. The molecule has 0 saturated carbocycles. The molecule has 1 aromatic rings. The van der Waals surface area contributed by atoms with Crippen LogP contribution in [0.1, 0.15) is 28.4 Å². The molecule has 5 nitrogen and oxygen atoms in total. The standard InChI is InChI=1S/C11H14BrNO4/c12-5-4-8(14)10(15)9-6(11(16)17)2-1-3-7(9)13/h1-3,8,10,14-15H,4-5,13H2,(H,16,17). The number of nitrogens with two attached hydrogens (primary N) is 1. The van der Waals surface area contributed by atoms with Crippen molar-refractivity contribution in [1.29, 1.82) is 0 Å². The molecular weight excluding hydrogens is 290 g/mol. The molecule has 0 aliphatic heterocycles. The van der Waals surface area contributed by atoms with E-state index >= 15 is 0 Å². The molecule has 0 radical (unpaired) electrons. The van der Waals surface area contributed by atoms with Crippen LogP contribution < -0.4 is 5.73 Å². The summed E-state index contributed by atoms with van der Waals surface area (Å²) in [5, 5.41) is 29.1. The van der Waals surface area contributed by atoms with Crippen LogP contribution in [-0.2, 0) is 0 Å². The summed E-state index contributed by atoms with van der Waals surface area (Å²) in [6.07, 6.45) is -2.06. The van der Waals surface area contributed by atoms with E-state index in [0.717, 1.165) is 0 Å². The number of hydrogen-bond donors (Lipinski definition) is 4. The van der Waals surface area contributed by atoms with Gasteiger partial charge in [0.2, 0.25) is 0 Å². The average Bonchev–Trinajstić information content (AvgIpc) is 2.28. The van der Waals surface area contributed by atoms with Gasteiger partial charge in [0.15, 0.2) is 0 Å². The maximum atomic E-state index is 11.0. The SMILES string of the molecule is Nc1cccc(C(=O)O)c1C(O)C(O)CCBr. The number of hydrogen-bond acceptors (Lipinski definition) is 4. The first kappa shape index (κ1) is 14.0. The summed E-state index contributed by atoms with van der Waals surface area (Å²) >= 11 is 3.14. The van der Waals surface area contributed by atoms with E-state index in [1.54, 1.807) is 0 Å². The number of carboxylic acids is 1. The van der Waals surface area contributed by atoms with Crippen molar-refractivity contribution in [3.05, 3.63) is 29.3 Å². The Kier molecular flexibility index (Phi) is 4.92. The van der Waals surface area contributed by atoms with E-state index in [0.29, 0.717) is 11.8 Å². The molecule has 17 heavy (non-hydrogen) atoms. The number of aliphatic hydroxyl groups is 2. The van der Waals surface area contributed by atoms with E-state index in [-0.39, 0.29) is 16.8 Å². The predicted octanol–water partition coefficient (Wildman–Crippen LogP) is 1.15. The zero-order valence-electron chi connectivity index (χ0n) is 9.01. The zero-order valence-corrected chi connectivity index (χ0v) is 10.6. The monoisotopic (exact) mass is 303 g/mol. The molecule has 0 amide bonds. The smallest absolute Gasteiger partial charge is 0.336 e. The summed E-state index contributed by atoms with van der Waals surface area (Å²) in [6, 6.07) is 4.33. The van der Waals surface area contributed by atoms with Gasteiger partial charge in [-0.3, -0.25) is 0 Å². The van der Waals surface area contributed by atoms with Crippen molar-refractivity contribution < 1.29 is 20.1 Å². The Morgan fingerprint density at radius 2 is 2.06 bits per heavy atom. The van der Waals surface area contributed by atoms with Gasteiger partial charge in [0, 0.05) is 16.6 Å². The van der Waals surface area contributed by atoms with E-state index in [4.69, 9.17) is 10.8 Å². The summed E-state index contributed by atoms with van der Waals surface area (Å²) < 4.78 is 0. The van der Waals surface area contributed by atoms with Crippen molar-refractivity contribution >= 4 is 27.6 Å². The number of carbonyl (C=O) groups is 1. The largest absolute Gasteiger partial charge is 0.478 e. The van der Waals surface area contributed by atoms with Gasteiger partial charge >= 0.3 is 5.97 Å². The van der Waals surface area contributed by atoms with Gasteiger partial charge in [-0.1, -0.05) is 22.0 Å². The Bertz CT molecular complexity index is 410. The van der Waals surface area contributed by atoms with Gasteiger partial charge in [-0.25, -0.2) is 4.79 Å². The van der Waals surface area contributed by atoms with E-state index in [1.165, 1.54) is 18.2 Å². The molecule has 0 spiro atoms. The second kappa shape index (κ2) is 6.00. The van der Waals surface area contributed by atoms with Crippen molar-refractivity contribution in [3.63, 3.8) is 0 Å². The minimum absolute atomic E-state index is 0.0634. The normalized spacial score (nSPS) is 14.3. The first-order chi connectivity index (χ1) is 7.99. The zero-order chi connectivity index (χ0) is 13.0. The van der Waals surface area contributed by atoms with Crippen LogP contribution in [0.5, 0.6) is 0 Å². The molecule has 0 heterocycles. The van der Waals surface area contributed by atoms with Gasteiger partial charge in [0.05, 0.1) is 11.7 Å². The van der Waals surface area contributed by atoms with E-state index in [9.17, 15) is 15.0 Å². The highest BCUT2D eigenvalue weighted by Gasteiger charge is 2.25. The number of alkyl halides is 1. The molecule has 0 aromatic heterocycles.